The Morgan fingerprint density at radius 3 is 0.462 bits per heavy atom. The van der Waals surface area contributed by atoms with E-state index in [1.807, 2.05) is 0 Å². The fraction of sp³-hybridized carbons (Fsp3) is 0. The summed E-state index contributed by atoms with van der Waals surface area (Å²) in [5, 5.41) is 0. The van der Waals surface area contributed by atoms with Crippen LogP contribution >= 0.6 is 0 Å². The van der Waals surface area contributed by atoms with Gasteiger partial charge in [-0.3, -0.25) is 0 Å². The Bertz CT molecular complexity index is 14.9. The molecule has 0 radical (unpaired) electrons. The van der Waals surface area contributed by atoms with Crippen LogP contribution in [0.5, 0.6) is 0 Å². The van der Waals surface area contributed by atoms with Crippen LogP contribution in [0, 0.1) is 22.7 Å². The van der Waals surface area contributed by atoms with Crippen molar-refractivity contribution in [3.63, 3.8) is 0 Å². The van der Waals surface area contributed by atoms with Gasteiger partial charge in [0.05, 0.1) is 22.7 Å². The van der Waals surface area contributed by atoms with Gasteiger partial charge in [0.1, 0.15) is 0 Å². The van der Waals surface area contributed by atoms with E-state index in [2.05, 4.69) is 0 Å². The third kappa shape index (κ3) is 1730. The quantitative estimate of drug-likeness (QED) is 0.385. The van der Waals surface area contributed by atoms with E-state index in [0.29, 0.717) is 0 Å². The third-order valence-corrected chi connectivity index (χ3v) is 0. The van der Waals surface area contributed by atoms with Gasteiger partial charge in [-0.1, -0.05) is 0 Å². The summed E-state index contributed by atoms with van der Waals surface area (Å²) in [5.74, 6) is 0. The molecule has 13 heavy (non-hydrogen) atoms. The first-order valence-electron chi connectivity index (χ1n) is 0.617. The van der Waals surface area contributed by atoms with Crippen molar-refractivity contribution in [3.05, 3.63) is 0 Å². The van der Waals surface area contributed by atoms with Gasteiger partial charge in [0, 0.05) is 0 Å². The van der Waals surface area contributed by atoms with Crippen LogP contribution in [0.25, 0.3) is 0 Å². The molecule has 0 aromatic carbocycles. The molecule has 0 aromatic heterocycles. The smallest absolute Gasteiger partial charge is 0.544 e. The number of hydrogen-bond donors (Lipinski definition) is 0. The maximum Gasteiger partial charge on any atom is 2.00 e. The maximum absolute atomic E-state index is 8.24. The second kappa shape index (κ2) is 213. The summed E-state index contributed by atoms with van der Waals surface area (Å²) in [6.07, 6.45) is 0. The molecular weight excluding hydrogens is 255 g/mol. The van der Waals surface area contributed by atoms with Crippen molar-refractivity contribution in [2.45, 2.75) is 0 Å². The molecule has 0 saturated heterocycles. The maximum atomic E-state index is 8.24. The molecule has 0 atom stereocenters. The SMILES string of the molecule is O.O.O.O.O.O.[Mg+2].[O-][Cl+][O-].[O-][Cl+][O-]. The summed E-state index contributed by atoms with van der Waals surface area (Å²) >= 11 is -0.833. The zero-order valence-corrected chi connectivity index (χ0v) is 9.02. The van der Waals surface area contributed by atoms with Crippen LogP contribution in [-0.2, 0) is 0 Å². The second-order valence-electron chi connectivity index (χ2n) is 0.126. The number of halogens is 2. The Balaban J connectivity index is -0.00000000229. The molecule has 0 fully saturated rings. The molecular formula is H12Cl2MgO10. The summed E-state index contributed by atoms with van der Waals surface area (Å²) in [6.45, 7) is 0. The Labute approximate surface area is 97.3 Å². The predicted molar refractivity (Wildman–Crippen MR) is 27.4 cm³/mol. The van der Waals surface area contributed by atoms with Crippen LogP contribution in [0.3, 0.4) is 0 Å². The van der Waals surface area contributed by atoms with E-state index in [9.17, 15) is 0 Å². The summed E-state index contributed by atoms with van der Waals surface area (Å²) < 4.78 is 32.9. The molecule has 88 valence electrons. The first-order valence-corrected chi connectivity index (χ1v) is 1.85. The Morgan fingerprint density at radius 2 is 0.462 bits per heavy atom. The van der Waals surface area contributed by atoms with Gasteiger partial charge in [-0.2, -0.15) is 0 Å². The molecule has 12 N–H and O–H groups in total. The van der Waals surface area contributed by atoms with Crippen molar-refractivity contribution in [2.75, 3.05) is 0 Å². The van der Waals surface area contributed by atoms with Gasteiger partial charge in [0.2, 0.25) is 0 Å². The molecule has 0 aromatic rings. The van der Waals surface area contributed by atoms with Crippen molar-refractivity contribution in [1.29, 1.82) is 0 Å². The van der Waals surface area contributed by atoms with Crippen LogP contribution in [0.4, 0.5) is 0 Å². The van der Waals surface area contributed by atoms with E-state index in [0.717, 1.165) is 0 Å². The van der Waals surface area contributed by atoms with Crippen molar-refractivity contribution in [2.24, 2.45) is 0 Å². The molecule has 0 heterocycles. The van der Waals surface area contributed by atoms with Gasteiger partial charge in [-0.15, -0.1) is 0 Å². The van der Waals surface area contributed by atoms with E-state index in [1.54, 1.807) is 0 Å². The van der Waals surface area contributed by atoms with Gasteiger partial charge in [0.15, 0.2) is 0 Å². The van der Waals surface area contributed by atoms with Crippen molar-refractivity contribution in [1.82, 2.24) is 0 Å². The minimum atomic E-state index is -0.417. The minimum absolute atomic E-state index is 0. The van der Waals surface area contributed by atoms with E-state index < -0.39 is 22.7 Å². The topological polar surface area (TPSA) is 281 Å². The van der Waals surface area contributed by atoms with Gasteiger partial charge in [0.25, 0.3) is 0 Å². The van der Waals surface area contributed by atoms with Crippen LogP contribution in [-0.4, -0.2) is 55.9 Å². The number of hydrogen-bond acceptors (Lipinski definition) is 4. The van der Waals surface area contributed by atoms with Crippen LogP contribution in [0.15, 0.2) is 0 Å². The summed E-state index contributed by atoms with van der Waals surface area (Å²) in [7, 11) is 0. The van der Waals surface area contributed by atoms with Crippen LogP contribution < -0.4 is 18.6 Å². The Kier molecular flexibility index (Phi) is 1560. The minimum Gasteiger partial charge on any atom is -0.544 e. The zero-order valence-electron chi connectivity index (χ0n) is 6.10. The molecule has 0 aliphatic carbocycles. The Hall–Kier alpha value is 0.946. The third-order valence-electron chi connectivity index (χ3n) is 0. The number of rotatable bonds is 0. The molecule has 0 aliphatic rings. The van der Waals surface area contributed by atoms with Gasteiger partial charge in [-0.05, 0) is 0 Å². The standard InChI is InChI=1S/2ClO2.Mg.6H2O/c2*2-1-3;;;;;;;/h;;;6*1H2/q2*-1;+2;;;;;;. The monoisotopic (exact) mass is 266 g/mol. The largest absolute Gasteiger partial charge is 2.00 e. The fourth-order valence-corrected chi connectivity index (χ4v) is 0. The second-order valence-corrected chi connectivity index (χ2v) is 0.378. The molecule has 0 amide bonds. The van der Waals surface area contributed by atoms with Gasteiger partial charge < -0.3 is 51.5 Å². The van der Waals surface area contributed by atoms with Crippen LogP contribution in [0.2, 0.25) is 0 Å². The van der Waals surface area contributed by atoms with Gasteiger partial charge >= 0.3 is 23.1 Å². The van der Waals surface area contributed by atoms with Crippen molar-refractivity contribution in [3.8, 4) is 0 Å². The average molecular weight is 267 g/mol. The van der Waals surface area contributed by atoms with Crippen molar-refractivity contribution < 1.29 is 74.1 Å². The normalized spacial score (nSPS) is 2.77. The first kappa shape index (κ1) is 95.5. The van der Waals surface area contributed by atoms with E-state index in [4.69, 9.17) is 18.6 Å². The molecule has 10 nitrogen and oxygen atoms in total. The average Bonchev–Trinajstić information content (AvgIpc) is 1.39. The molecule has 0 unspecified atom stereocenters. The molecule has 0 saturated carbocycles. The molecule has 0 bridgehead atoms. The van der Waals surface area contributed by atoms with E-state index >= 15 is 0 Å². The van der Waals surface area contributed by atoms with Crippen LogP contribution in [0.1, 0.15) is 0 Å². The summed E-state index contributed by atoms with van der Waals surface area (Å²) in [4.78, 5) is 0. The molecule has 0 aliphatic heterocycles. The molecule has 0 spiro atoms. The summed E-state index contributed by atoms with van der Waals surface area (Å²) in [6, 6.07) is 0. The molecule has 13 heteroatoms. The fourth-order valence-electron chi connectivity index (χ4n) is 0. The predicted octanol–water partition coefficient (Wildman–Crippen LogP) is -10.1. The molecule has 0 rings (SSSR count). The van der Waals surface area contributed by atoms with Gasteiger partial charge in [-0.25, -0.2) is 0 Å². The first-order chi connectivity index (χ1) is 2.83. The summed E-state index contributed by atoms with van der Waals surface area (Å²) in [5.41, 5.74) is 0. The zero-order chi connectivity index (χ0) is 5.41. The van der Waals surface area contributed by atoms with E-state index in [1.165, 1.54) is 0 Å². The van der Waals surface area contributed by atoms with E-state index in [-0.39, 0.29) is 55.9 Å². The Morgan fingerprint density at radius 1 is 0.462 bits per heavy atom. The van der Waals surface area contributed by atoms with Crippen molar-refractivity contribution >= 4 is 23.1 Å².